The van der Waals surface area contributed by atoms with E-state index in [2.05, 4.69) is 4.90 Å². The predicted molar refractivity (Wildman–Crippen MR) is 81.6 cm³/mol. The van der Waals surface area contributed by atoms with Crippen LogP contribution in [0.3, 0.4) is 0 Å². The van der Waals surface area contributed by atoms with Crippen LogP contribution >= 0.6 is 0 Å². The van der Waals surface area contributed by atoms with Crippen LogP contribution in [0.25, 0.3) is 0 Å². The van der Waals surface area contributed by atoms with Crippen molar-refractivity contribution in [1.82, 2.24) is 4.90 Å². The molecular formula is C17H26FNO2. The third-order valence-corrected chi connectivity index (χ3v) is 4.52. The summed E-state index contributed by atoms with van der Waals surface area (Å²) in [5.41, 5.74) is 1.54. The summed E-state index contributed by atoms with van der Waals surface area (Å²) in [5.74, 6) is -0.277. The molecule has 1 heterocycles. The summed E-state index contributed by atoms with van der Waals surface area (Å²) in [7, 11) is 0. The second-order valence-electron chi connectivity index (χ2n) is 6.05. The van der Waals surface area contributed by atoms with Crippen LogP contribution in [-0.2, 0) is 0 Å². The van der Waals surface area contributed by atoms with Gasteiger partial charge in [0.15, 0.2) is 0 Å². The molecule has 118 valence electrons. The molecule has 3 unspecified atom stereocenters. The van der Waals surface area contributed by atoms with Crippen LogP contribution in [0, 0.1) is 12.7 Å². The fourth-order valence-electron chi connectivity index (χ4n) is 3.28. The van der Waals surface area contributed by atoms with Gasteiger partial charge in [0.05, 0.1) is 12.2 Å². The number of aliphatic hydroxyl groups excluding tert-OH is 2. The average molecular weight is 295 g/mol. The number of hydrogen-bond acceptors (Lipinski definition) is 3. The van der Waals surface area contributed by atoms with Gasteiger partial charge in [-0.3, -0.25) is 4.90 Å². The first-order valence-electron chi connectivity index (χ1n) is 7.89. The van der Waals surface area contributed by atoms with Gasteiger partial charge in [-0.2, -0.15) is 0 Å². The van der Waals surface area contributed by atoms with Gasteiger partial charge in [0, 0.05) is 12.6 Å². The Balaban J connectivity index is 2.07. The van der Waals surface area contributed by atoms with Crippen LogP contribution in [0.1, 0.15) is 49.8 Å². The maximum atomic E-state index is 13.2. The Morgan fingerprint density at radius 3 is 2.76 bits per heavy atom. The molecule has 0 spiro atoms. The summed E-state index contributed by atoms with van der Waals surface area (Å²) < 4.78 is 13.2. The van der Waals surface area contributed by atoms with E-state index in [4.69, 9.17) is 0 Å². The van der Waals surface area contributed by atoms with Gasteiger partial charge in [0.25, 0.3) is 0 Å². The summed E-state index contributed by atoms with van der Waals surface area (Å²) in [6, 6.07) is 4.62. The monoisotopic (exact) mass is 295 g/mol. The maximum absolute atomic E-state index is 13.2. The number of benzene rings is 1. The van der Waals surface area contributed by atoms with Gasteiger partial charge in [-0.15, -0.1) is 0 Å². The number of β-amino-alcohol motifs (C(OH)–C–C–N with tert-alkyl or cyclic N) is 1. The quantitative estimate of drug-likeness (QED) is 0.878. The molecule has 0 aromatic heterocycles. The summed E-state index contributed by atoms with van der Waals surface area (Å²) in [4.78, 5) is 2.19. The topological polar surface area (TPSA) is 43.7 Å². The van der Waals surface area contributed by atoms with E-state index >= 15 is 0 Å². The van der Waals surface area contributed by atoms with Crippen molar-refractivity contribution in [2.75, 3.05) is 13.1 Å². The molecule has 1 saturated heterocycles. The van der Waals surface area contributed by atoms with Crippen LogP contribution in [0.15, 0.2) is 18.2 Å². The fourth-order valence-corrected chi connectivity index (χ4v) is 3.28. The number of halogens is 1. The van der Waals surface area contributed by atoms with Gasteiger partial charge in [-0.25, -0.2) is 4.39 Å². The lowest BCUT2D eigenvalue weighted by Gasteiger charge is -2.39. The van der Waals surface area contributed by atoms with Gasteiger partial charge in [-0.1, -0.05) is 19.4 Å². The van der Waals surface area contributed by atoms with Gasteiger partial charge in [0.2, 0.25) is 0 Å². The van der Waals surface area contributed by atoms with E-state index in [1.54, 1.807) is 6.07 Å². The van der Waals surface area contributed by atoms with Crippen molar-refractivity contribution < 1.29 is 14.6 Å². The molecular weight excluding hydrogens is 269 g/mol. The lowest BCUT2D eigenvalue weighted by molar-refractivity contribution is -0.00131. The van der Waals surface area contributed by atoms with Gasteiger partial charge < -0.3 is 10.2 Å². The molecule has 0 bridgehead atoms. The molecule has 0 radical (unpaired) electrons. The largest absolute Gasteiger partial charge is 0.392 e. The van der Waals surface area contributed by atoms with E-state index in [-0.39, 0.29) is 18.0 Å². The molecule has 3 atom stereocenters. The second-order valence-corrected chi connectivity index (χ2v) is 6.05. The van der Waals surface area contributed by atoms with Gasteiger partial charge >= 0.3 is 0 Å². The molecule has 1 aliphatic heterocycles. The van der Waals surface area contributed by atoms with Crippen molar-refractivity contribution in [1.29, 1.82) is 0 Å². The van der Waals surface area contributed by atoms with Crippen LogP contribution < -0.4 is 0 Å². The van der Waals surface area contributed by atoms with E-state index in [1.807, 2.05) is 13.8 Å². The number of aryl methyl sites for hydroxylation is 1. The van der Waals surface area contributed by atoms with Crippen molar-refractivity contribution in [3.63, 3.8) is 0 Å². The Morgan fingerprint density at radius 2 is 2.10 bits per heavy atom. The maximum Gasteiger partial charge on any atom is 0.123 e. The first-order valence-corrected chi connectivity index (χ1v) is 7.89. The summed E-state index contributed by atoms with van der Waals surface area (Å²) >= 11 is 0. The van der Waals surface area contributed by atoms with Crippen molar-refractivity contribution in [2.45, 2.75) is 57.8 Å². The highest BCUT2D eigenvalue weighted by Crippen LogP contribution is 2.26. The number of piperidine rings is 1. The SMILES string of the molecule is CCC(O)C1CCCCN1CC(O)c1ccc(F)cc1C. The van der Waals surface area contributed by atoms with E-state index < -0.39 is 6.10 Å². The number of rotatable bonds is 5. The number of likely N-dealkylation sites (tertiary alicyclic amines) is 1. The minimum absolute atomic E-state index is 0.124. The Labute approximate surface area is 126 Å². The molecule has 21 heavy (non-hydrogen) atoms. The zero-order valence-corrected chi connectivity index (χ0v) is 12.9. The molecule has 1 fully saturated rings. The predicted octanol–water partition coefficient (Wildman–Crippen LogP) is 2.79. The van der Waals surface area contributed by atoms with Crippen molar-refractivity contribution in [3.05, 3.63) is 35.1 Å². The Hall–Kier alpha value is -0.970. The molecule has 1 aromatic rings. The highest BCUT2D eigenvalue weighted by atomic mass is 19.1. The second kappa shape index (κ2) is 7.34. The average Bonchev–Trinajstić information content (AvgIpc) is 2.46. The minimum Gasteiger partial charge on any atom is -0.392 e. The first kappa shape index (κ1) is 16.4. The third-order valence-electron chi connectivity index (χ3n) is 4.52. The van der Waals surface area contributed by atoms with E-state index in [0.717, 1.165) is 43.4 Å². The highest BCUT2D eigenvalue weighted by molar-refractivity contribution is 5.28. The third kappa shape index (κ3) is 4.02. The molecule has 2 rings (SSSR count). The summed E-state index contributed by atoms with van der Waals surface area (Å²) in [6.07, 6.45) is 2.95. The van der Waals surface area contributed by atoms with Crippen LogP contribution in [0.5, 0.6) is 0 Å². The highest BCUT2D eigenvalue weighted by Gasteiger charge is 2.29. The minimum atomic E-state index is -0.643. The number of nitrogens with zero attached hydrogens (tertiary/aromatic N) is 1. The van der Waals surface area contributed by atoms with Crippen LogP contribution in [0.4, 0.5) is 4.39 Å². The smallest absolute Gasteiger partial charge is 0.123 e. The molecule has 4 heteroatoms. The van der Waals surface area contributed by atoms with Gasteiger partial charge in [0.1, 0.15) is 5.82 Å². The van der Waals surface area contributed by atoms with Crippen LogP contribution in [0.2, 0.25) is 0 Å². The number of aliphatic hydroxyl groups is 2. The van der Waals surface area contributed by atoms with Crippen molar-refractivity contribution in [3.8, 4) is 0 Å². The number of hydrogen-bond donors (Lipinski definition) is 2. The normalized spacial score (nSPS) is 23.0. The Bertz CT molecular complexity index is 466. The zero-order chi connectivity index (χ0) is 15.4. The summed E-state index contributed by atoms with van der Waals surface area (Å²) in [6.45, 7) is 5.20. The van der Waals surface area contributed by atoms with E-state index in [1.165, 1.54) is 12.1 Å². The van der Waals surface area contributed by atoms with E-state index in [0.29, 0.717) is 6.54 Å². The molecule has 0 aliphatic carbocycles. The van der Waals surface area contributed by atoms with Crippen molar-refractivity contribution in [2.24, 2.45) is 0 Å². The lowest BCUT2D eigenvalue weighted by atomic mass is 9.94. The molecule has 3 nitrogen and oxygen atoms in total. The first-order chi connectivity index (χ1) is 10.0. The molecule has 0 saturated carbocycles. The van der Waals surface area contributed by atoms with Crippen LogP contribution in [-0.4, -0.2) is 40.3 Å². The zero-order valence-electron chi connectivity index (χ0n) is 12.9. The van der Waals surface area contributed by atoms with E-state index in [9.17, 15) is 14.6 Å². The molecule has 2 N–H and O–H groups in total. The Kier molecular flexibility index (Phi) is 5.73. The molecule has 0 amide bonds. The molecule has 1 aromatic carbocycles. The molecule has 1 aliphatic rings. The fraction of sp³-hybridized carbons (Fsp3) is 0.647. The summed E-state index contributed by atoms with van der Waals surface area (Å²) in [5, 5.41) is 20.6. The standard InChI is InChI=1S/C17H26FNO2/c1-3-16(20)15-6-4-5-9-19(15)11-17(21)14-8-7-13(18)10-12(14)2/h7-8,10,15-17,20-21H,3-6,9,11H2,1-2H3. The van der Waals surface area contributed by atoms with Gasteiger partial charge in [-0.05, 0) is 56.0 Å². The van der Waals surface area contributed by atoms with Crippen molar-refractivity contribution >= 4 is 0 Å². The Morgan fingerprint density at radius 1 is 1.33 bits per heavy atom. The lowest BCUT2D eigenvalue weighted by Crippen LogP contribution is -2.48.